The number of nitrogens with two attached hydrogens (primary N) is 1. The van der Waals surface area contributed by atoms with E-state index in [1.165, 1.54) is 38.5 Å². The Morgan fingerprint density at radius 3 is 2.63 bits per heavy atom. The molecule has 2 saturated carbocycles. The Morgan fingerprint density at radius 1 is 1.21 bits per heavy atom. The maximum atomic E-state index is 12.1. The highest BCUT2D eigenvalue weighted by molar-refractivity contribution is 5.76. The minimum Gasteiger partial charge on any atom is -0.351 e. The second-order valence-electron chi connectivity index (χ2n) is 7.00. The molecule has 0 heterocycles. The Hall–Kier alpha value is -0.570. The van der Waals surface area contributed by atoms with Crippen LogP contribution in [0.3, 0.4) is 0 Å². The highest BCUT2D eigenvalue weighted by Crippen LogP contribution is 2.29. The standard InChI is InChI=1S/C16H30N2O/c1-16(10-3-2-4-11-16)18-15(19)9-8-13-6-5-7-14(17)12-13/h13-14H,2-12,17H2,1H3,(H,18,19). The summed E-state index contributed by atoms with van der Waals surface area (Å²) in [7, 11) is 0. The van der Waals surface area contributed by atoms with Crippen molar-refractivity contribution in [3.63, 3.8) is 0 Å². The van der Waals surface area contributed by atoms with Crippen LogP contribution in [0, 0.1) is 5.92 Å². The highest BCUT2D eigenvalue weighted by Gasteiger charge is 2.28. The zero-order valence-electron chi connectivity index (χ0n) is 12.4. The van der Waals surface area contributed by atoms with Crippen LogP contribution in [0.15, 0.2) is 0 Å². The van der Waals surface area contributed by atoms with Crippen molar-refractivity contribution in [3.8, 4) is 0 Å². The van der Waals surface area contributed by atoms with E-state index in [1.807, 2.05) is 0 Å². The van der Waals surface area contributed by atoms with Crippen molar-refractivity contribution in [2.75, 3.05) is 0 Å². The lowest BCUT2D eigenvalue weighted by molar-refractivity contribution is -0.123. The van der Waals surface area contributed by atoms with E-state index in [1.54, 1.807) is 0 Å². The summed E-state index contributed by atoms with van der Waals surface area (Å²) in [6, 6.07) is 0.373. The highest BCUT2D eigenvalue weighted by atomic mass is 16.1. The van der Waals surface area contributed by atoms with Gasteiger partial charge in [-0.25, -0.2) is 0 Å². The average Bonchev–Trinajstić information content (AvgIpc) is 2.37. The number of hydrogen-bond donors (Lipinski definition) is 2. The first-order chi connectivity index (χ1) is 9.07. The number of carbonyl (C=O) groups is 1. The fourth-order valence-electron chi connectivity index (χ4n) is 3.79. The van der Waals surface area contributed by atoms with Gasteiger partial charge in [0.05, 0.1) is 0 Å². The van der Waals surface area contributed by atoms with Crippen molar-refractivity contribution in [2.24, 2.45) is 11.7 Å². The molecule has 3 nitrogen and oxygen atoms in total. The average molecular weight is 266 g/mol. The minimum atomic E-state index is 0.0678. The topological polar surface area (TPSA) is 55.1 Å². The summed E-state index contributed by atoms with van der Waals surface area (Å²) in [5.74, 6) is 0.928. The molecule has 3 heteroatoms. The summed E-state index contributed by atoms with van der Waals surface area (Å²) >= 11 is 0. The van der Waals surface area contributed by atoms with Gasteiger partial charge in [0, 0.05) is 18.0 Å². The van der Waals surface area contributed by atoms with Crippen LogP contribution in [0.2, 0.25) is 0 Å². The Labute approximate surface area is 117 Å². The summed E-state index contributed by atoms with van der Waals surface area (Å²) in [6.45, 7) is 2.21. The molecule has 110 valence electrons. The summed E-state index contributed by atoms with van der Waals surface area (Å²) in [6.07, 6.45) is 12.6. The maximum absolute atomic E-state index is 12.1. The molecule has 0 aromatic carbocycles. The number of amides is 1. The van der Waals surface area contributed by atoms with Gasteiger partial charge in [-0.15, -0.1) is 0 Å². The molecule has 19 heavy (non-hydrogen) atoms. The number of nitrogens with one attached hydrogen (secondary N) is 1. The van der Waals surface area contributed by atoms with Crippen LogP contribution >= 0.6 is 0 Å². The van der Waals surface area contributed by atoms with Crippen molar-refractivity contribution < 1.29 is 4.79 Å². The monoisotopic (exact) mass is 266 g/mol. The second kappa shape index (κ2) is 6.74. The molecule has 2 aliphatic rings. The third-order valence-corrected chi connectivity index (χ3v) is 5.00. The van der Waals surface area contributed by atoms with E-state index in [9.17, 15) is 4.79 Å². The normalized spacial score (nSPS) is 30.8. The van der Waals surface area contributed by atoms with Gasteiger partial charge < -0.3 is 11.1 Å². The van der Waals surface area contributed by atoms with Gasteiger partial charge in [-0.1, -0.05) is 32.1 Å². The van der Waals surface area contributed by atoms with Crippen LogP contribution in [0.4, 0.5) is 0 Å². The van der Waals surface area contributed by atoms with Crippen molar-refractivity contribution in [1.82, 2.24) is 5.32 Å². The van der Waals surface area contributed by atoms with E-state index < -0.39 is 0 Å². The molecule has 2 rings (SSSR count). The number of rotatable bonds is 4. The smallest absolute Gasteiger partial charge is 0.220 e. The molecule has 0 bridgehead atoms. The Morgan fingerprint density at radius 2 is 1.95 bits per heavy atom. The molecular formula is C16H30N2O. The minimum absolute atomic E-state index is 0.0678. The predicted molar refractivity (Wildman–Crippen MR) is 78.8 cm³/mol. The molecule has 0 aromatic rings. The zero-order valence-corrected chi connectivity index (χ0v) is 12.4. The molecule has 3 N–H and O–H groups in total. The van der Waals surface area contributed by atoms with Gasteiger partial charge in [-0.2, -0.15) is 0 Å². The van der Waals surface area contributed by atoms with Crippen molar-refractivity contribution in [2.45, 2.75) is 89.1 Å². The Balaban J connectivity index is 1.69. The van der Waals surface area contributed by atoms with Crippen LogP contribution in [-0.4, -0.2) is 17.5 Å². The lowest BCUT2D eigenvalue weighted by Crippen LogP contribution is -2.47. The summed E-state index contributed by atoms with van der Waals surface area (Å²) in [5, 5.41) is 3.28. The molecule has 0 radical (unpaired) electrons. The first-order valence-corrected chi connectivity index (χ1v) is 8.14. The molecule has 2 fully saturated rings. The van der Waals surface area contributed by atoms with Gasteiger partial charge in [0.2, 0.25) is 5.91 Å². The molecule has 0 spiro atoms. The van der Waals surface area contributed by atoms with Gasteiger partial charge in [0.15, 0.2) is 0 Å². The van der Waals surface area contributed by atoms with Crippen LogP contribution in [-0.2, 0) is 4.79 Å². The summed E-state index contributed by atoms with van der Waals surface area (Å²) in [5.41, 5.74) is 6.07. The van der Waals surface area contributed by atoms with Crippen molar-refractivity contribution in [3.05, 3.63) is 0 Å². The van der Waals surface area contributed by atoms with Crippen molar-refractivity contribution >= 4 is 5.91 Å². The van der Waals surface area contributed by atoms with Gasteiger partial charge in [-0.05, 0) is 44.9 Å². The first kappa shape index (κ1) is 14.8. The molecule has 2 unspecified atom stereocenters. The lowest BCUT2D eigenvalue weighted by Gasteiger charge is -2.35. The number of carbonyl (C=O) groups excluding carboxylic acids is 1. The van der Waals surface area contributed by atoms with Crippen molar-refractivity contribution in [1.29, 1.82) is 0 Å². The summed E-state index contributed by atoms with van der Waals surface area (Å²) < 4.78 is 0. The summed E-state index contributed by atoms with van der Waals surface area (Å²) in [4.78, 5) is 12.1. The molecule has 2 atom stereocenters. The van der Waals surface area contributed by atoms with Crippen LogP contribution in [0.1, 0.15) is 77.6 Å². The second-order valence-corrected chi connectivity index (χ2v) is 7.00. The molecule has 2 aliphatic carbocycles. The molecule has 0 aliphatic heterocycles. The quantitative estimate of drug-likeness (QED) is 0.821. The fraction of sp³-hybridized carbons (Fsp3) is 0.938. The SMILES string of the molecule is CC1(NC(=O)CCC2CCCC(N)C2)CCCCC1. The van der Waals surface area contributed by atoms with E-state index in [0.717, 1.165) is 25.7 Å². The molecule has 1 amide bonds. The van der Waals surface area contributed by atoms with Gasteiger partial charge in [0.1, 0.15) is 0 Å². The van der Waals surface area contributed by atoms with Crippen LogP contribution in [0.5, 0.6) is 0 Å². The van der Waals surface area contributed by atoms with Crippen LogP contribution < -0.4 is 11.1 Å². The lowest BCUT2D eigenvalue weighted by atomic mass is 9.82. The number of hydrogen-bond acceptors (Lipinski definition) is 2. The maximum Gasteiger partial charge on any atom is 0.220 e. The Kier molecular flexibility index (Phi) is 5.26. The van der Waals surface area contributed by atoms with E-state index in [-0.39, 0.29) is 11.4 Å². The zero-order chi connectivity index (χ0) is 13.7. The van der Waals surface area contributed by atoms with E-state index >= 15 is 0 Å². The van der Waals surface area contributed by atoms with Gasteiger partial charge in [0.25, 0.3) is 0 Å². The Bertz CT molecular complexity index is 297. The van der Waals surface area contributed by atoms with E-state index in [0.29, 0.717) is 18.4 Å². The third kappa shape index (κ3) is 4.79. The predicted octanol–water partition coefficient (Wildman–Crippen LogP) is 3.12. The molecule has 0 saturated heterocycles. The first-order valence-electron chi connectivity index (χ1n) is 8.14. The van der Waals surface area contributed by atoms with Gasteiger partial charge >= 0.3 is 0 Å². The molecular weight excluding hydrogens is 236 g/mol. The van der Waals surface area contributed by atoms with Gasteiger partial charge in [-0.3, -0.25) is 4.79 Å². The fourth-order valence-corrected chi connectivity index (χ4v) is 3.79. The van der Waals surface area contributed by atoms with E-state index in [2.05, 4.69) is 12.2 Å². The van der Waals surface area contributed by atoms with Crippen LogP contribution in [0.25, 0.3) is 0 Å². The largest absolute Gasteiger partial charge is 0.351 e. The molecule has 0 aromatic heterocycles. The third-order valence-electron chi connectivity index (χ3n) is 5.00. The van der Waals surface area contributed by atoms with E-state index in [4.69, 9.17) is 5.73 Å².